The number of rotatable bonds is 8. The summed E-state index contributed by atoms with van der Waals surface area (Å²) < 4.78 is 5.60. The van der Waals surface area contributed by atoms with Gasteiger partial charge in [-0.05, 0) is 43.6 Å². The molecule has 2 rings (SSSR count). The molecular weight excluding hydrogens is 252 g/mol. The molecule has 4 heteroatoms. The average Bonchev–Trinajstić information content (AvgIpc) is 3.28. The highest BCUT2D eigenvalue weighted by atomic mass is 16.5. The Balaban J connectivity index is 1.68. The quantitative estimate of drug-likeness (QED) is 0.694. The van der Waals surface area contributed by atoms with E-state index >= 15 is 0 Å². The fourth-order valence-corrected chi connectivity index (χ4v) is 3.07. The molecule has 2 N–H and O–H groups in total. The molecule has 2 saturated carbocycles. The molecule has 2 aliphatic carbocycles. The number of ether oxygens (including phenoxy) is 1. The summed E-state index contributed by atoms with van der Waals surface area (Å²) in [5.41, 5.74) is 6.02. The molecule has 0 aromatic rings. The van der Waals surface area contributed by atoms with Gasteiger partial charge in [0.1, 0.15) is 0 Å². The second-order valence-corrected chi connectivity index (χ2v) is 6.78. The minimum absolute atomic E-state index is 0.0679. The summed E-state index contributed by atoms with van der Waals surface area (Å²) in [4.78, 5) is 14.1. The molecule has 2 fully saturated rings. The summed E-state index contributed by atoms with van der Waals surface area (Å²) in [6.45, 7) is 2.88. The maximum absolute atomic E-state index is 12.3. The lowest BCUT2D eigenvalue weighted by Crippen LogP contribution is -2.40. The zero-order valence-corrected chi connectivity index (χ0v) is 12.9. The Morgan fingerprint density at radius 1 is 1.30 bits per heavy atom. The second-order valence-electron chi connectivity index (χ2n) is 6.78. The topological polar surface area (TPSA) is 55.6 Å². The van der Waals surface area contributed by atoms with Gasteiger partial charge in [0.2, 0.25) is 5.91 Å². The Bertz CT molecular complexity index is 310. The van der Waals surface area contributed by atoms with Crippen molar-refractivity contribution in [3.8, 4) is 0 Å². The Kier molecular flexibility index (Phi) is 5.85. The Labute approximate surface area is 123 Å². The minimum Gasteiger partial charge on any atom is -0.379 e. The second kappa shape index (κ2) is 7.41. The van der Waals surface area contributed by atoms with Gasteiger partial charge in [-0.2, -0.15) is 0 Å². The number of likely N-dealkylation sites (N-methyl/N-ethyl adjacent to an activating group) is 1. The van der Waals surface area contributed by atoms with E-state index in [0.29, 0.717) is 26.1 Å². The van der Waals surface area contributed by atoms with Crippen LogP contribution in [-0.4, -0.2) is 44.2 Å². The van der Waals surface area contributed by atoms with E-state index in [0.717, 1.165) is 25.4 Å². The van der Waals surface area contributed by atoms with E-state index < -0.39 is 0 Å². The van der Waals surface area contributed by atoms with E-state index in [9.17, 15) is 4.79 Å². The van der Waals surface area contributed by atoms with Crippen molar-refractivity contribution in [3.05, 3.63) is 0 Å². The zero-order valence-electron chi connectivity index (χ0n) is 12.9. The molecule has 0 unspecified atom stereocenters. The highest BCUT2D eigenvalue weighted by Crippen LogP contribution is 2.38. The lowest BCUT2D eigenvalue weighted by molar-refractivity contribution is -0.133. The summed E-state index contributed by atoms with van der Waals surface area (Å²) in [6.07, 6.45) is 9.20. The van der Waals surface area contributed by atoms with Gasteiger partial charge in [-0.15, -0.1) is 0 Å². The van der Waals surface area contributed by atoms with Crippen molar-refractivity contribution >= 4 is 5.91 Å². The van der Waals surface area contributed by atoms with Crippen molar-refractivity contribution in [3.63, 3.8) is 0 Å². The zero-order chi connectivity index (χ0) is 14.4. The summed E-state index contributed by atoms with van der Waals surface area (Å²) >= 11 is 0. The van der Waals surface area contributed by atoms with Crippen molar-refractivity contribution < 1.29 is 9.53 Å². The van der Waals surface area contributed by atoms with Crippen LogP contribution < -0.4 is 5.73 Å². The van der Waals surface area contributed by atoms with Crippen molar-refractivity contribution in [2.75, 3.05) is 33.4 Å². The predicted molar refractivity (Wildman–Crippen MR) is 80.4 cm³/mol. The Morgan fingerprint density at radius 3 is 2.60 bits per heavy atom. The summed E-state index contributed by atoms with van der Waals surface area (Å²) in [7, 11) is 1.88. The molecule has 0 saturated heterocycles. The van der Waals surface area contributed by atoms with E-state index in [2.05, 4.69) is 0 Å². The monoisotopic (exact) mass is 282 g/mol. The third-order valence-electron chi connectivity index (χ3n) is 4.92. The molecule has 0 aromatic carbocycles. The van der Waals surface area contributed by atoms with Crippen LogP contribution in [0.2, 0.25) is 0 Å². The van der Waals surface area contributed by atoms with Gasteiger partial charge in [-0.25, -0.2) is 0 Å². The van der Waals surface area contributed by atoms with Crippen LogP contribution in [0.25, 0.3) is 0 Å². The van der Waals surface area contributed by atoms with Gasteiger partial charge in [-0.3, -0.25) is 4.79 Å². The SMILES string of the molecule is CN(CCOCC1CC1)C(=O)CC1(CN)CCCCC1. The van der Waals surface area contributed by atoms with Gasteiger partial charge >= 0.3 is 0 Å². The van der Waals surface area contributed by atoms with Crippen LogP contribution in [0.1, 0.15) is 51.4 Å². The normalized spacial score (nSPS) is 21.7. The largest absolute Gasteiger partial charge is 0.379 e. The van der Waals surface area contributed by atoms with Crippen LogP contribution in [0.5, 0.6) is 0 Å². The average molecular weight is 282 g/mol. The molecular formula is C16H30N2O2. The van der Waals surface area contributed by atoms with Crippen molar-refractivity contribution in [1.82, 2.24) is 4.90 Å². The maximum Gasteiger partial charge on any atom is 0.222 e. The number of amides is 1. The first-order chi connectivity index (χ1) is 9.65. The van der Waals surface area contributed by atoms with Crippen LogP contribution in [0.15, 0.2) is 0 Å². The number of nitrogens with zero attached hydrogens (tertiary/aromatic N) is 1. The first kappa shape index (κ1) is 15.8. The lowest BCUT2D eigenvalue weighted by atomic mass is 9.71. The molecule has 0 aliphatic heterocycles. The highest BCUT2D eigenvalue weighted by molar-refractivity contribution is 5.76. The van der Waals surface area contributed by atoms with Crippen LogP contribution >= 0.6 is 0 Å². The number of nitrogens with two attached hydrogens (primary N) is 1. The van der Waals surface area contributed by atoms with Gasteiger partial charge in [0.25, 0.3) is 0 Å². The van der Waals surface area contributed by atoms with Gasteiger partial charge in [-0.1, -0.05) is 19.3 Å². The van der Waals surface area contributed by atoms with Crippen molar-refractivity contribution in [2.24, 2.45) is 17.1 Å². The lowest BCUT2D eigenvalue weighted by Gasteiger charge is -2.36. The smallest absolute Gasteiger partial charge is 0.222 e. The third-order valence-corrected chi connectivity index (χ3v) is 4.92. The van der Waals surface area contributed by atoms with Crippen LogP contribution in [-0.2, 0) is 9.53 Å². The third kappa shape index (κ3) is 4.74. The molecule has 4 nitrogen and oxygen atoms in total. The molecule has 1 amide bonds. The fraction of sp³-hybridized carbons (Fsp3) is 0.938. The first-order valence-corrected chi connectivity index (χ1v) is 8.17. The van der Waals surface area contributed by atoms with E-state index in [1.165, 1.54) is 32.1 Å². The molecule has 0 atom stereocenters. The van der Waals surface area contributed by atoms with Crippen LogP contribution in [0, 0.1) is 11.3 Å². The van der Waals surface area contributed by atoms with Gasteiger partial charge in [0.15, 0.2) is 0 Å². The maximum atomic E-state index is 12.3. The molecule has 0 heterocycles. The molecule has 0 aromatic heterocycles. The van der Waals surface area contributed by atoms with Crippen molar-refractivity contribution in [1.29, 1.82) is 0 Å². The Hall–Kier alpha value is -0.610. The van der Waals surface area contributed by atoms with E-state index in [-0.39, 0.29) is 11.3 Å². The summed E-state index contributed by atoms with van der Waals surface area (Å²) in [5.74, 6) is 1.02. The minimum atomic E-state index is 0.0679. The molecule has 0 bridgehead atoms. The van der Waals surface area contributed by atoms with E-state index in [4.69, 9.17) is 10.5 Å². The van der Waals surface area contributed by atoms with Crippen LogP contribution in [0.3, 0.4) is 0 Å². The van der Waals surface area contributed by atoms with E-state index in [1.54, 1.807) is 0 Å². The van der Waals surface area contributed by atoms with Gasteiger partial charge in [0, 0.05) is 26.6 Å². The fourth-order valence-electron chi connectivity index (χ4n) is 3.07. The number of carbonyl (C=O) groups is 1. The number of hydrogen-bond donors (Lipinski definition) is 1. The predicted octanol–water partition coefficient (Wildman–Crippen LogP) is 2.17. The summed E-state index contributed by atoms with van der Waals surface area (Å²) in [5, 5.41) is 0. The molecule has 2 aliphatic rings. The van der Waals surface area contributed by atoms with Gasteiger partial charge in [0.05, 0.1) is 6.61 Å². The Morgan fingerprint density at radius 2 is 2.00 bits per heavy atom. The van der Waals surface area contributed by atoms with Crippen LogP contribution in [0.4, 0.5) is 0 Å². The first-order valence-electron chi connectivity index (χ1n) is 8.17. The highest BCUT2D eigenvalue weighted by Gasteiger charge is 2.33. The van der Waals surface area contributed by atoms with E-state index in [1.807, 2.05) is 11.9 Å². The molecule has 116 valence electrons. The van der Waals surface area contributed by atoms with Crippen molar-refractivity contribution in [2.45, 2.75) is 51.4 Å². The molecule has 0 spiro atoms. The molecule has 20 heavy (non-hydrogen) atoms. The number of hydrogen-bond acceptors (Lipinski definition) is 3. The number of carbonyl (C=O) groups excluding carboxylic acids is 1. The standard InChI is InChI=1S/C16H30N2O2/c1-18(9-10-20-12-14-5-6-14)15(19)11-16(13-17)7-3-2-4-8-16/h14H,2-13,17H2,1H3. The molecule has 0 radical (unpaired) electrons. The van der Waals surface area contributed by atoms with Gasteiger partial charge < -0.3 is 15.4 Å². The summed E-state index contributed by atoms with van der Waals surface area (Å²) in [6, 6.07) is 0.